The van der Waals surface area contributed by atoms with Gasteiger partial charge in [-0.15, -0.1) is 0 Å². The molecule has 1 unspecified atom stereocenters. The summed E-state index contributed by atoms with van der Waals surface area (Å²) in [4.78, 5) is 0. The molecule has 1 atom stereocenters. The lowest BCUT2D eigenvalue weighted by atomic mass is 10.6. The van der Waals surface area contributed by atoms with E-state index in [1.807, 2.05) is 0 Å². The molecule has 0 aliphatic rings. The van der Waals surface area contributed by atoms with Gasteiger partial charge in [-0.3, -0.25) is 0 Å². The number of aliphatic hydroxyl groups excluding tert-OH is 2. The van der Waals surface area contributed by atoms with Crippen molar-refractivity contribution in [3.8, 4) is 0 Å². The fraction of sp³-hybridized carbons (Fsp3) is 1.00. The highest BCUT2D eigenvalue weighted by Crippen LogP contribution is 1.86. The summed E-state index contributed by atoms with van der Waals surface area (Å²) in [5.41, 5.74) is 0. The lowest BCUT2D eigenvalue weighted by Crippen LogP contribution is -2.19. The summed E-state index contributed by atoms with van der Waals surface area (Å²) in [5, 5.41) is 17.1. The van der Waals surface area contributed by atoms with Crippen molar-refractivity contribution in [2.45, 2.75) is 13.2 Å². The number of hydrogen-bond acceptors (Lipinski definition) is 4. The summed E-state index contributed by atoms with van der Waals surface area (Å²) >= 11 is 0. The van der Waals surface area contributed by atoms with Crippen LogP contribution in [0.15, 0.2) is 0 Å². The standard InChI is InChI=1S/C6H14O4/c1-2-10-6(8)5-9-4-3-7/h6-8H,2-5H2,1H3. The minimum atomic E-state index is -0.864. The van der Waals surface area contributed by atoms with Crippen LogP contribution in [0.2, 0.25) is 0 Å². The van der Waals surface area contributed by atoms with Gasteiger partial charge in [0, 0.05) is 6.61 Å². The zero-order valence-electron chi connectivity index (χ0n) is 6.12. The molecule has 0 spiro atoms. The maximum absolute atomic E-state index is 8.85. The Kier molecular flexibility index (Phi) is 6.84. The molecule has 0 fully saturated rings. The van der Waals surface area contributed by atoms with Crippen LogP contribution in [0.5, 0.6) is 0 Å². The van der Waals surface area contributed by atoms with Crippen molar-refractivity contribution in [2.24, 2.45) is 0 Å². The van der Waals surface area contributed by atoms with Crippen LogP contribution in [0.3, 0.4) is 0 Å². The molecule has 0 aliphatic carbocycles. The van der Waals surface area contributed by atoms with Crippen molar-refractivity contribution < 1.29 is 19.7 Å². The van der Waals surface area contributed by atoms with Gasteiger partial charge in [-0.2, -0.15) is 0 Å². The van der Waals surface area contributed by atoms with Crippen molar-refractivity contribution in [1.82, 2.24) is 0 Å². The predicted octanol–water partition coefficient (Wildman–Crippen LogP) is -0.650. The summed E-state index contributed by atoms with van der Waals surface area (Å²) in [6.45, 7) is 2.58. The van der Waals surface area contributed by atoms with Gasteiger partial charge in [0.15, 0.2) is 6.29 Å². The van der Waals surface area contributed by atoms with Crippen LogP contribution in [0.25, 0.3) is 0 Å². The lowest BCUT2D eigenvalue weighted by molar-refractivity contribution is -0.136. The van der Waals surface area contributed by atoms with Crippen LogP contribution in [0.4, 0.5) is 0 Å². The van der Waals surface area contributed by atoms with Gasteiger partial charge in [0.1, 0.15) is 0 Å². The first kappa shape index (κ1) is 9.84. The highest BCUT2D eigenvalue weighted by atomic mass is 16.6. The van der Waals surface area contributed by atoms with Crippen LogP contribution in [0.1, 0.15) is 6.92 Å². The Morgan fingerprint density at radius 2 is 2.20 bits per heavy atom. The van der Waals surface area contributed by atoms with Gasteiger partial charge in [-0.05, 0) is 6.92 Å². The van der Waals surface area contributed by atoms with Crippen molar-refractivity contribution in [2.75, 3.05) is 26.4 Å². The zero-order valence-corrected chi connectivity index (χ0v) is 6.12. The number of aliphatic hydroxyl groups is 2. The van der Waals surface area contributed by atoms with E-state index >= 15 is 0 Å². The van der Waals surface area contributed by atoms with Crippen LogP contribution in [0, 0.1) is 0 Å². The molecule has 4 heteroatoms. The Morgan fingerprint density at radius 1 is 1.50 bits per heavy atom. The summed E-state index contributed by atoms with van der Waals surface area (Å²) < 4.78 is 9.51. The Bertz CT molecular complexity index is 66.8. The molecule has 2 N–H and O–H groups in total. The lowest BCUT2D eigenvalue weighted by Gasteiger charge is -2.09. The molecule has 10 heavy (non-hydrogen) atoms. The van der Waals surface area contributed by atoms with E-state index in [9.17, 15) is 0 Å². The van der Waals surface area contributed by atoms with Crippen LogP contribution in [-0.2, 0) is 9.47 Å². The Morgan fingerprint density at radius 3 is 2.70 bits per heavy atom. The molecular weight excluding hydrogens is 136 g/mol. The van der Waals surface area contributed by atoms with Crippen molar-refractivity contribution in [1.29, 1.82) is 0 Å². The Balaban J connectivity index is 2.97. The van der Waals surface area contributed by atoms with Gasteiger partial charge < -0.3 is 19.7 Å². The Hall–Kier alpha value is -0.160. The van der Waals surface area contributed by atoms with Crippen molar-refractivity contribution >= 4 is 0 Å². The minimum absolute atomic E-state index is 0.0289. The van der Waals surface area contributed by atoms with Gasteiger partial charge in [0.25, 0.3) is 0 Å². The predicted molar refractivity (Wildman–Crippen MR) is 35.5 cm³/mol. The molecule has 0 aliphatic heterocycles. The van der Waals surface area contributed by atoms with Gasteiger partial charge in [0.05, 0.1) is 19.8 Å². The van der Waals surface area contributed by atoms with E-state index in [2.05, 4.69) is 0 Å². The van der Waals surface area contributed by atoms with E-state index in [1.165, 1.54) is 0 Å². The molecule has 4 nitrogen and oxygen atoms in total. The Labute approximate surface area is 60.4 Å². The smallest absolute Gasteiger partial charge is 0.178 e. The SMILES string of the molecule is CCOC(O)COCCO. The molecule has 62 valence electrons. The fourth-order valence-corrected chi connectivity index (χ4v) is 0.489. The van der Waals surface area contributed by atoms with E-state index < -0.39 is 6.29 Å². The normalized spacial score (nSPS) is 13.5. The molecule has 0 aromatic rings. The maximum atomic E-state index is 8.85. The topological polar surface area (TPSA) is 58.9 Å². The summed E-state index contributed by atoms with van der Waals surface area (Å²) in [7, 11) is 0. The van der Waals surface area contributed by atoms with E-state index in [4.69, 9.17) is 19.7 Å². The molecule has 0 aromatic heterocycles. The first-order valence-corrected chi connectivity index (χ1v) is 3.29. The fourth-order valence-electron chi connectivity index (χ4n) is 0.489. The second-order valence-electron chi connectivity index (χ2n) is 1.71. The molecule has 0 amide bonds. The number of hydrogen-bond donors (Lipinski definition) is 2. The second kappa shape index (κ2) is 6.95. The third-order valence-electron chi connectivity index (χ3n) is 0.855. The quantitative estimate of drug-likeness (QED) is 0.390. The van der Waals surface area contributed by atoms with Crippen LogP contribution >= 0.6 is 0 Å². The number of ether oxygens (including phenoxy) is 2. The minimum Gasteiger partial charge on any atom is -0.394 e. The van der Waals surface area contributed by atoms with E-state index in [0.717, 1.165) is 0 Å². The average molecular weight is 150 g/mol. The first-order valence-electron chi connectivity index (χ1n) is 3.29. The van der Waals surface area contributed by atoms with Crippen LogP contribution in [-0.4, -0.2) is 42.9 Å². The van der Waals surface area contributed by atoms with Crippen LogP contribution < -0.4 is 0 Å². The number of rotatable bonds is 6. The van der Waals surface area contributed by atoms with E-state index in [-0.39, 0.29) is 19.8 Å². The average Bonchev–Trinajstić information content (AvgIpc) is 1.89. The second-order valence-corrected chi connectivity index (χ2v) is 1.71. The van der Waals surface area contributed by atoms with Gasteiger partial charge >= 0.3 is 0 Å². The largest absolute Gasteiger partial charge is 0.394 e. The highest BCUT2D eigenvalue weighted by molar-refractivity contribution is 4.35. The van der Waals surface area contributed by atoms with Crippen molar-refractivity contribution in [3.05, 3.63) is 0 Å². The first-order chi connectivity index (χ1) is 4.81. The molecular formula is C6H14O4. The molecule has 0 aromatic carbocycles. The third-order valence-corrected chi connectivity index (χ3v) is 0.855. The molecule has 0 rings (SSSR count). The molecule has 0 heterocycles. The monoisotopic (exact) mass is 150 g/mol. The summed E-state index contributed by atoms with van der Waals surface area (Å²) in [5.74, 6) is 0. The van der Waals surface area contributed by atoms with Gasteiger partial charge in [-0.1, -0.05) is 0 Å². The van der Waals surface area contributed by atoms with Gasteiger partial charge in [0.2, 0.25) is 0 Å². The highest BCUT2D eigenvalue weighted by Gasteiger charge is 2.00. The van der Waals surface area contributed by atoms with E-state index in [1.54, 1.807) is 6.92 Å². The molecule has 0 radical (unpaired) electrons. The summed E-state index contributed by atoms with van der Waals surface area (Å²) in [6.07, 6.45) is -0.864. The van der Waals surface area contributed by atoms with Crippen molar-refractivity contribution in [3.63, 3.8) is 0 Å². The van der Waals surface area contributed by atoms with E-state index in [0.29, 0.717) is 6.61 Å². The molecule has 0 bridgehead atoms. The molecule has 0 saturated heterocycles. The molecule has 0 saturated carbocycles. The van der Waals surface area contributed by atoms with Gasteiger partial charge in [-0.25, -0.2) is 0 Å². The maximum Gasteiger partial charge on any atom is 0.178 e. The summed E-state index contributed by atoms with van der Waals surface area (Å²) in [6, 6.07) is 0. The zero-order chi connectivity index (χ0) is 7.82. The third kappa shape index (κ3) is 5.97.